The molecule has 0 saturated heterocycles. The number of nitrogens with zero attached hydrogens (tertiary/aromatic N) is 2. The van der Waals surface area contributed by atoms with Crippen LogP contribution >= 0.6 is 11.3 Å². The summed E-state index contributed by atoms with van der Waals surface area (Å²) in [5.74, 6) is -0.526. The molecule has 1 amide bonds. The minimum absolute atomic E-state index is 0.234. The van der Waals surface area contributed by atoms with E-state index in [1.807, 2.05) is 41.0 Å². The predicted molar refractivity (Wildman–Crippen MR) is 109 cm³/mol. The minimum atomic E-state index is -0.283. The fraction of sp³-hybridized carbons (Fsp3) is 0.318. The number of para-hydroxylation sites is 1. The first-order chi connectivity index (χ1) is 13.7. The molecule has 4 rings (SSSR count). The number of aryl methyl sites for hydroxylation is 3. The van der Waals surface area contributed by atoms with Gasteiger partial charge in [0.2, 0.25) is 0 Å². The van der Waals surface area contributed by atoms with Crippen molar-refractivity contribution in [3.8, 4) is 0 Å². The molecule has 1 aliphatic carbocycles. The van der Waals surface area contributed by atoms with Crippen molar-refractivity contribution in [2.75, 3.05) is 7.11 Å². The Labute approximate surface area is 167 Å². The molecule has 28 heavy (non-hydrogen) atoms. The van der Waals surface area contributed by atoms with Gasteiger partial charge >= 0.3 is 5.97 Å². The largest absolute Gasteiger partial charge is 0.469 e. The maximum Gasteiger partial charge on any atom is 0.307 e. The van der Waals surface area contributed by atoms with E-state index in [0.717, 1.165) is 23.1 Å². The van der Waals surface area contributed by atoms with Crippen molar-refractivity contribution in [1.29, 1.82) is 0 Å². The van der Waals surface area contributed by atoms with Gasteiger partial charge in [0.05, 0.1) is 23.7 Å². The van der Waals surface area contributed by atoms with Gasteiger partial charge in [0.15, 0.2) is 4.80 Å². The molecule has 0 spiro atoms. The third-order valence-electron chi connectivity index (χ3n) is 5.15. The average Bonchev–Trinajstić information content (AvgIpc) is 3.08. The average molecular weight is 394 g/mol. The molecular weight excluding hydrogens is 372 g/mol. The van der Waals surface area contributed by atoms with Crippen molar-refractivity contribution < 1.29 is 14.3 Å². The van der Waals surface area contributed by atoms with Gasteiger partial charge in [-0.25, -0.2) is 0 Å². The van der Waals surface area contributed by atoms with Crippen molar-refractivity contribution in [3.63, 3.8) is 0 Å². The van der Waals surface area contributed by atoms with E-state index in [0.29, 0.717) is 16.9 Å². The topological polar surface area (TPSA) is 60.7 Å². The van der Waals surface area contributed by atoms with Crippen LogP contribution < -0.4 is 4.80 Å². The number of hydrogen-bond acceptors (Lipinski definition) is 4. The Morgan fingerprint density at radius 2 is 1.89 bits per heavy atom. The number of carbonyl (C=O) groups excluding carboxylic acids is 2. The highest BCUT2D eigenvalue weighted by molar-refractivity contribution is 7.16. The fourth-order valence-electron chi connectivity index (χ4n) is 3.65. The maximum absolute atomic E-state index is 12.9. The van der Waals surface area contributed by atoms with Gasteiger partial charge in [0.25, 0.3) is 5.91 Å². The number of benzene rings is 2. The molecule has 0 N–H and O–H groups in total. The summed E-state index contributed by atoms with van der Waals surface area (Å²) in [6, 6.07) is 13.8. The van der Waals surface area contributed by atoms with Crippen molar-refractivity contribution in [1.82, 2.24) is 4.57 Å². The van der Waals surface area contributed by atoms with Crippen LogP contribution in [0.2, 0.25) is 0 Å². The lowest BCUT2D eigenvalue weighted by atomic mass is 9.90. The van der Waals surface area contributed by atoms with E-state index >= 15 is 0 Å². The number of hydrogen-bond donors (Lipinski definition) is 0. The van der Waals surface area contributed by atoms with Crippen LogP contribution in [0.25, 0.3) is 10.2 Å². The monoisotopic (exact) mass is 394 g/mol. The summed E-state index contributed by atoms with van der Waals surface area (Å²) in [7, 11) is 1.38. The molecule has 0 fully saturated rings. The number of methoxy groups -OCH3 is 1. The van der Waals surface area contributed by atoms with Gasteiger partial charge in [0, 0.05) is 12.1 Å². The molecule has 1 heterocycles. The second kappa shape index (κ2) is 8.10. The standard InChI is InChI=1S/C22H22N2O3S/c1-27-20(25)12-13-24-18-8-4-5-9-19(18)28-22(24)23-21(26)17-11-10-15-6-2-3-7-16(15)14-17/h4-5,8-11,14H,2-3,6-7,12-13H2,1H3. The zero-order chi connectivity index (χ0) is 19.5. The molecule has 0 saturated carbocycles. The van der Waals surface area contributed by atoms with Crippen LogP contribution in [0.5, 0.6) is 0 Å². The van der Waals surface area contributed by atoms with Crippen LogP contribution in [-0.4, -0.2) is 23.6 Å². The molecular formula is C22H22N2O3S. The van der Waals surface area contributed by atoms with Crippen LogP contribution in [-0.2, 0) is 28.9 Å². The molecule has 0 atom stereocenters. The number of carbonyl (C=O) groups is 2. The van der Waals surface area contributed by atoms with Crippen LogP contribution in [0.4, 0.5) is 0 Å². The van der Waals surface area contributed by atoms with E-state index in [-0.39, 0.29) is 18.3 Å². The van der Waals surface area contributed by atoms with Gasteiger partial charge in [-0.2, -0.15) is 4.99 Å². The van der Waals surface area contributed by atoms with Crippen LogP contribution in [0.15, 0.2) is 47.5 Å². The Morgan fingerprint density at radius 1 is 1.11 bits per heavy atom. The maximum atomic E-state index is 12.9. The van der Waals surface area contributed by atoms with E-state index in [4.69, 9.17) is 4.74 Å². The van der Waals surface area contributed by atoms with Crippen molar-refractivity contribution in [2.45, 2.75) is 38.6 Å². The Bertz CT molecular complexity index is 1110. The molecule has 0 unspecified atom stereocenters. The predicted octanol–water partition coefficient (Wildman–Crippen LogP) is 3.89. The van der Waals surface area contributed by atoms with Gasteiger partial charge in [-0.15, -0.1) is 0 Å². The summed E-state index contributed by atoms with van der Waals surface area (Å²) < 4.78 is 7.71. The van der Waals surface area contributed by atoms with Crippen LogP contribution in [0.3, 0.4) is 0 Å². The third-order valence-corrected chi connectivity index (χ3v) is 6.21. The fourth-order valence-corrected chi connectivity index (χ4v) is 4.70. The molecule has 0 aliphatic heterocycles. The Morgan fingerprint density at radius 3 is 2.71 bits per heavy atom. The Kier molecular flexibility index (Phi) is 5.39. The lowest BCUT2D eigenvalue weighted by Crippen LogP contribution is -2.19. The van der Waals surface area contributed by atoms with Gasteiger partial charge in [-0.1, -0.05) is 29.5 Å². The second-order valence-electron chi connectivity index (χ2n) is 6.94. The van der Waals surface area contributed by atoms with Crippen LogP contribution in [0, 0.1) is 0 Å². The number of thiazole rings is 1. The Balaban J connectivity index is 1.72. The summed E-state index contributed by atoms with van der Waals surface area (Å²) in [5.41, 5.74) is 4.20. The zero-order valence-electron chi connectivity index (χ0n) is 15.8. The van der Waals surface area contributed by atoms with Crippen molar-refractivity contribution >= 4 is 33.4 Å². The first-order valence-electron chi connectivity index (χ1n) is 9.52. The molecule has 3 aromatic rings. The second-order valence-corrected chi connectivity index (χ2v) is 7.95. The van der Waals surface area contributed by atoms with Gasteiger partial charge in [0.1, 0.15) is 0 Å². The number of aromatic nitrogens is 1. The summed E-state index contributed by atoms with van der Waals surface area (Å²) in [4.78, 5) is 29.5. The molecule has 6 heteroatoms. The SMILES string of the molecule is COC(=O)CCn1c(=NC(=O)c2ccc3c(c2)CCCC3)sc2ccccc21. The first-order valence-corrected chi connectivity index (χ1v) is 10.3. The zero-order valence-corrected chi connectivity index (χ0v) is 16.6. The summed E-state index contributed by atoms with van der Waals surface area (Å²) >= 11 is 1.46. The van der Waals surface area contributed by atoms with Gasteiger partial charge in [-0.3, -0.25) is 9.59 Å². The van der Waals surface area contributed by atoms with Crippen molar-refractivity contribution in [3.05, 3.63) is 64.0 Å². The lowest BCUT2D eigenvalue weighted by Gasteiger charge is -2.15. The van der Waals surface area contributed by atoms with E-state index in [1.54, 1.807) is 0 Å². The lowest BCUT2D eigenvalue weighted by molar-refractivity contribution is -0.140. The molecule has 144 valence electrons. The molecule has 0 bridgehead atoms. The number of fused-ring (bicyclic) bond motifs is 2. The number of esters is 1. The van der Waals surface area contributed by atoms with Gasteiger partial charge < -0.3 is 9.30 Å². The van der Waals surface area contributed by atoms with Crippen LogP contribution in [0.1, 0.15) is 40.7 Å². The van der Waals surface area contributed by atoms with E-state index in [2.05, 4.69) is 11.1 Å². The molecule has 1 aliphatic rings. The summed E-state index contributed by atoms with van der Waals surface area (Å²) in [6.45, 7) is 0.424. The van der Waals surface area contributed by atoms with Crippen molar-refractivity contribution in [2.24, 2.45) is 4.99 Å². The molecule has 2 aromatic carbocycles. The minimum Gasteiger partial charge on any atom is -0.469 e. The normalized spacial score (nSPS) is 14.1. The quantitative estimate of drug-likeness (QED) is 0.631. The van der Waals surface area contributed by atoms with E-state index < -0.39 is 0 Å². The third kappa shape index (κ3) is 3.78. The number of amides is 1. The summed E-state index contributed by atoms with van der Waals surface area (Å²) in [5, 5.41) is 0. The van der Waals surface area contributed by atoms with E-state index in [9.17, 15) is 9.59 Å². The molecule has 0 radical (unpaired) electrons. The number of rotatable bonds is 4. The first kappa shape index (κ1) is 18.6. The highest BCUT2D eigenvalue weighted by Crippen LogP contribution is 2.23. The molecule has 5 nitrogen and oxygen atoms in total. The van der Waals surface area contributed by atoms with Gasteiger partial charge in [-0.05, 0) is 61.1 Å². The molecule has 1 aromatic heterocycles. The van der Waals surface area contributed by atoms with E-state index in [1.165, 1.54) is 42.4 Å². The Hall–Kier alpha value is -2.73. The summed E-state index contributed by atoms with van der Waals surface area (Å²) in [6.07, 6.45) is 4.74. The highest BCUT2D eigenvalue weighted by atomic mass is 32.1. The smallest absolute Gasteiger partial charge is 0.307 e. The number of ether oxygens (including phenoxy) is 1. The highest BCUT2D eigenvalue weighted by Gasteiger charge is 2.14.